The molecular weight excluding hydrogens is 370 g/mol. The molecule has 8 nitrogen and oxygen atoms in total. The molecule has 9 heteroatoms. The molecule has 142 valence electrons. The minimum absolute atomic E-state index is 0.269. The molecule has 0 saturated carbocycles. The van der Waals surface area contributed by atoms with E-state index >= 15 is 0 Å². The quantitative estimate of drug-likeness (QED) is 0.529. The van der Waals surface area contributed by atoms with E-state index in [1.54, 1.807) is 42.5 Å². The third kappa shape index (κ3) is 4.04. The molecule has 4 N–H and O–H groups in total. The summed E-state index contributed by atoms with van der Waals surface area (Å²) in [5.41, 5.74) is 2.10. The van der Waals surface area contributed by atoms with Crippen LogP contribution >= 0.6 is 0 Å². The number of imidazole rings is 1. The van der Waals surface area contributed by atoms with Gasteiger partial charge in [0, 0.05) is 11.3 Å². The Labute approximate surface area is 155 Å². The molecular formula is C18H19N3O5S. The van der Waals surface area contributed by atoms with Gasteiger partial charge < -0.3 is 15.2 Å². The summed E-state index contributed by atoms with van der Waals surface area (Å²) in [5, 5.41) is 20.3. The fourth-order valence-electron chi connectivity index (χ4n) is 2.75. The molecule has 0 fully saturated rings. The van der Waals surface area contributed by atoms with Crippen LogP contribution in [0, 0.1) is 6.92 Å². The number of aromatic nitrogens is 2. The predicted octanol–water partition coefficient (Wildman–Crippen LogP) is 1.77. The number of aliphatic hydroxyl groups is 1. The molecule has 0 aliphatic heterocycles. The van der Waals surface area contributed by atoms with Crippen LogP contribution in [0.5, 0.6) is 5.88 Å². The first-order valence-corrected chi connectivity index (χ1v) is 9.91. The number of aliphatic hydroxyl groups excluding tert-OH is 1. The first-order valence-electron chi connectivity index (χ1n) is 8.02. The number of aryl methyl sites for hydroxylation is 1. The molecule has 2 aromatic carbocycles. The maximum atomic E-state index is 11.8. The number of aromatic amines is 1. The molecule has 0 saturated heterocycles. The Bertz CT molecular complexity index is 1130. The molecule has 1 atom stereocenters. The molecule has 3 aromatic rings. The summed E-state index contributed by atoms with van der Waals surface area (Å²) in [7, 11) is -3.37. The monoisotopic (exact) mass is 389 g/mol. The summed E-state index contributed by atoms with van der Waals surface area (Å²) in [6, 6.07) is 13.6. The summed E-state index contributed by atoms with van der Waals surface area (Å²) in [4.78, 5) is 14.3. The number of rotatable bonds is 5. The molecule has 0 amide bonds. The third-order valence-corrected chi connectivity index (χ3v) is 4.64. The van der Waals surface area contributed by atoms with Gasteiger partial charge in [-0.1, -0.05) is 36.4 Å². The second-order valence-electron chi connectivity index (χ2n) is 6.20. The molecule has 1 aromatic heterocycles. The molecule has 27 heavy (non-hydrogen) atoms. The van der Waals surface area contributed by atoms with Gasteiger partial charge in [-0.15, -0.1) is 0 Å². The van der Waals surface area contributed by atoms with E-state index in [9.17, 15) is 23.4 Å². The Hall–Kier alpha value is -3.04. The minimum atomic E-state index is -3.37. The predicted molar refractivity (Wildman–Crippen MR) is 102 cm³/mol. The second-order valence-corrected chi connectivity index (χ2v) is 7.95. The van der Waals surface area contributed by atoms with Crippen molar-refractivity contribution >= 4 is 15.7 Å². The lowest BCUT2D eigenvalue weighted by molar-refractivity contribution is 0.132. The molecule has 0 aliphatic rings. The van der Waals surface area contributed by atoms with Crippen LogP contribution in [-0.2, 0) is 10.0 Å². The first-order chi connectivity index (χ1) is 12.7. The van der Waals surface area contributed by atoms with Crippen molar-refractivity contribution in [3.05, 3.63) is 70.3 Å². The lowest BCUT2D eigenvalue weighted by Crippen LogP contribution is -2.22. The third-order valence-electron chi connectivity index (χ3n) is 4.03. The second kappa shape index (κ2) is 6.93. The highest BCUT2D eigenvalue weighted by atomic mass is 32.2. The van der Waals surface area contributed by atoms with E-state index in [-0.39, 0.29) is 11.6 Å². The fraction of sp³-hybridized carbons (Fsp3) is 0.167. The van der Waals surface area contributed by atoms with Crippen LogP contribution in [0.1, 0.15) is 17.5 Å². The zero-order valence-corrected chi connectivity index (χ0v) is 15.5. The Balaban J connectivity index is 1.90. The average molecular weight is 389 g/mol. The Morgan fingerprint density at radius 3 is 2.33 bits per heavy atom. The molecule has 0 bridgehead atoms. The maximum Gasteiger partial charge on any atom is 0.331 e. The molecule has 1 unspecified atom stereocenters. The number of nitrogens with one attached hydrogen (secondary N) is 2. The van der Waals surface area contributed by atoms with Crippen LogP contribution in [0.3, 0.4) is 0 Å². The van der Waals surface area contributed by atoms with Crippen molar-refractivity contribution in [2.75, 3.05) is 11.0 Å². The average Bonchev–Trinajstić information content (AvgIpc) is 2.85. The summed E-state index contributed by atoms with van der Waals surface area (Å²) < 4.78 is 26.0. The van der Waals surface area contributed by atoms with Crippen molar-refractivity contribution in [3.63, 3.8) is 0 Å². The van der Waals surface area contributed by atoms with Gasteiger partial charge in [-0.05, 0) is 30.2 Å². The van der Waals surface area contributed by atoms with Crippen molar-refractivity contribution in [2.24, 2.45) is 0 Å². The van der Waals surface area contributed by atoms with E-state index < -0.39 is 21.9 Å². The number of benzene rings is 2. The van der Waals surface area contributed by atoms with Gasteiger partial charge in [-0.3, -0.25) is 4.72 Å². The molecule has 3 rings (SSSR count). The Morgan fingerprint density at radius 1 is 1.11 bits per heavy atom. The van der Waals surface area contributed by atoms with E-state index in [1.165, 1.54) is 6.92 Å². The van der Waals surface area contributed by atoms with E-state index in [4.69, 9.17) is 0 Å². The van der Waals surface area contributed by atoms with Gasteiger partial charge in [-0.25, -0.2) is 17.8 Å². The van der Waals surface area contributed by atoms with Crippen LogP contribution in [0.15, 0.2) is 53.3 Å². The summed E-state index contributed by atoms with van der Waals surface area (Å²) >= 11 is 0. The van der Waals surface area contributed by atoms with Crippen LogP contribution < -0.4 is 10.4 Å². The Kier molecular flexibility index (Phi) is 4.81. The lowest BCUT2D eigenvalue weighted by atomic mass is 10.0. The number of anilines is 1. The topological polar surface area (TPSA) is 124 Å². The highest BCUT2D eigenvalue weighted by Gasteiger charge is 2.18. The number of hydrogen-bond donors (Lipinski definition) is 4. The summed E-state index contributed by atoms with van der Waals surface area (Å²) in [5.74, 6) is -0.323. The van der Waals surface area contributed by atoms with Gasteiger partial charge in [0.15, 0.2) is 6.23 Å². The van der Waals surface area contributed by atoms with E-state index in [0.29, 0.717) is 11.3 Å². The SMILES string of the molecule is Cc1[nH]c(=O)n(C(O)c2ccc(-c3cccc(NS(C)(=O)=O)c3)cc2)c1O. The van der Waals surface area contributed by atoms with Crippen molar-refractivity contribution in [1.29, 1.82) is 0 Å². The van der Waals surface area contributed by atoms with E-state index in [2.05, 4.69) is 9.71 Å². The highest BCUT2D eigenvalue weighted by Crippen LogP contribution is 2.26. The summed E-state index contributed by atoms with van der Waals surface area (Å²) in [6.07, 6.45) is -0.259. The van der Waals surface area contributed by atoms with Crippen LogP contribution in [0.4, 0.5) is 5.69 Å². The maximum absolute atomic E-state index is 11.8. The van der Waals surface area contributed by atoms with Gasteiger partial charge in [-0.2, -0.15) is 0 Å². The first kappa shape index (κ1) is 18.7. The van der Waals surface area contributed by atoms with Gasteiger partial charge in [0.25, 0.3) is 0 Å². The van der Waals surface area contributed by atoms with Gasteiger partial charge >= 0.3 is 5.69 Å². The number of H-pyrrole nitrogens is 1. The highest BCUT2D eigenvalue weighted by molar-refractivity contribution is 7.92. The Morgan fingerprint density at radius 2 is 1.78 bits per heavy atom. The number of nitrogens with zero attached hydrogens (tertiary/aromatic N) is 1. The van der Waals surface area contributed by atoms with Gasteiger partial charge in [0.2, 0.25) is 15.9 Å². The van der Waals surface area contributed by atoms with Crippen molar-refractivity contribution < 1.29 is 18.6 Å². The van der Waals surface area contributed by atoms with Crippen LogP contribution in [0.25, 0.3) is 11.1 Å². The summed E-state index contributed by atoms with van der Waals surface area (Å²) in [6.45, 7) is 1.53. The lowest BCUT2D eigenvalue weighted by Gasteiger charge is -2.13. The largest absolute Gasteiger partial charge is 0.493 e. The van der Waals surface area contributed by atoms with Crippen molar-refractivity contribution in [2.45, 2.75) is 13.2 Å². The zero-order valence-electron chi connectivity index (χ0n) is 14.7. The van der Waals surface area contributed by atoms with Crippen LogP contribution in [0.2, 0.25) is 0 Å². The molecule has 1 heterocycles. The van der Waals surface area contributed by atoms with Crippen molar-refractivity contribution in [1.82, 2.24) is 9.55 Å². The molecule has 0 spiro atoms. The standard InChI is InChI=1S/C18H19N3O5S/c1-11-16(22)21(18(24)19-11)17(23)13-8-6-12(7-9-13)14-4-3-5-15(10-14)20-27(2,25)26/h3-10,17,20,22-23H,1-2H3,(H,19,24). The number of sulfonamides is 1. The van der Waals surface area contributed by atoms with Crippen LogP contribution in [-0.4, -0.2) is 34.4 Å². The minimum Gasteiger partial charge on any atom is -0.493 e. The van der Waals surface area contributed by atoms with Gasteiger partial charge in [0.1, 0.15) is 0 Å². The van der Waals surface area contributed by atoms with E-state index in [1.807, 2.05) is 6.07 Å². The molecule has 0 aliphatic carbocycles. The van der Waals surface area contributed by atoms with Crippen molar-refractivity contribution in [3.8, 4) is 17.0 Å². The number of hydrogen-bond acceptors (Lipinski definition) is 5. The normalized spacial score (nSPS) is 12.7. The fourth-order valence-corrected chi connectivity index (χ4v) is 3.31. The zero-order chi connectivity index (χ0) is 19.8. The van der Waals surface area contributed by atoms with Gasteiger partial charge in [0.05, 0.1) is 11.9 Å². The smallest absolute Gasteiger partial charge is 0.331 e. The number of aromatic hydroxyl groups is 1. The molecule has 0 radical (unpaired) electrons. The van der Waals surface area contributed by atoms with E-state index in [0.717, 1.165) is 21.9 Å².